The van der Waals surface area contributed by atoms with Crippen molar-refractivity contribution in [1.29, 1.82) is 0 Å². The average Bonchev–Trinajstić information content (AvgIpc) is 3.08. The molecule has 0 bridgehead atoms. The Bertz CT molecular complexity index is 737. The maximum absolute atomic E-state index is 12.3. The molecule has 1 aliphatic heterocycles. The lowest BCUT2D eigenvalue weighted by Gasteiger charge is -2.14. The van der Waals surface area contributed by atoms with Gasteiger partial charge in [-0.2, -0.15) is 0 Å². The third-order valence-corrected chi connectivity index (χ3v) is 3.79. The fourth-order valence-electron chi connectivity index (χ4n) is 2.62. The van der Waals surface area contributed by atoms with Gasteiger partial charge in [-0.25, -0.2) is 4.79 Å². The lowest BCUT2D eigenvalue weighted by molar-refractivity contribution is -0.139. The molecule has 1 saturated heterocycles. The summed E-state index contributed by atoms with van der Waals surface area (Å²) in [4.78, 5) is 22.9. The first kappa shape index (κ1) is 15.3. The van der Waals surface area contributed by atoms with Crippen LogP contribution in [0.2, 0.25) is 0 Å². The predicted molar refractivity (Wildman–Crippen MR) is 84.6 cm³/mol. The molecule has 6 heteroatoms. The van der Waals surface area contributed by atoms with Crippen LogP contribution < -0.4 is 10.1 Å². The fraction of sp³-hybridized carbons (Fsp3) is 0.294. The van der Waals surface area contributed by atoms with E-state index in [0.29, 0.717) is 24.7 Å². The molecule has 2 aromatic rings. The number of amides is 1. The van der Waals surface area contributed by atoms with E-state index in [1.807, 2.05) is 24.3 Å². The second-order valence-corrected chi connectivity index (χ2v) is 5.39. The van der Waals surface area contributed by atoms with Crippen molar-refractivity contribution in [2.24, 2.45) is 5.92 Å². The second kappa shape index (κ2) is 6.66. The van der Waals surface area contributed by atoms with E-state index in [9.17, 15) is 9.59 Å². The molecule has 1 amide bonds. The number of carbonyl (C=O) groups excluding carboxylic acids is 1. The van der Waals surface area contributed by atoms with Gasteiger partial charge in [-0.3, -0.25) is 4.79 Å². The summed E-state index contributed by atoms with van der Waals surface area (Å²) < 4.78 is 10.5. The Kier molecular flexibility index (Phi) is 4.43. The Hall–Kier alpha value is -2.60. The van der Waals surface area contributed by atoms with E-state index >= 15 is 0 Å². The molecule has 1 fully saturated rings. The third-order valence-electron chi connectivity index (χ3n) is 3.79. The number of ether oxygens (including phenoxy) is 2. The van der Waals surface area contributed by atoms with E-state index in [0.717, 1.165) is 17.2 Å². The number of fused-ring (bicyclic) bond motifs is 1. The summed E-state index contributed by atoms with van der Waals surface area (Å²) in [6.45, 7) is 0.652. The third kappa shape index (κ3) is 3.43. The molecule has 0 aromatic heterocycles. The van der Waals surface area contributed by atoms with Crippen molar-refractivity contribution in [2.75, 3.05) is 25.1 Å². The molecule has 23 heavy (non-hydrogen) atoms. The normalized spacial score (nSPS) is 17.1. The van der Waals surface area contributed by atoms with Gasteiger partial charge in [-0.15, -0.1) is 0 Å². The van der Waals surface area contributed by atoms with E-state index in [1.54, 1.807) is 12.1 Å². The van der Waals surface area contributed by atoms with Crippen LogP contribution in [0.5, 0.6) is 5.75 Å². The van der Waals surface area contributed by atoms with E-state index in [-0.39, 0.29) is 11.8 Å². The van der Waals surface area contributed by atoms with Gasteiger partial charge >= 0.3 is 5.97 Å². The SMILES string of the molecule is O=C(O)COc1ccc(NC(=O)C2CCOC2)c2ccccc12. The van der Waals surface area contributed by atoms with Gasteiger partial charge in [-0.05, 0) is 18.6 Å². The van der Waals surface area contributed by atoms with Crippen molar-refractivity contribution in [1.82, 2.24) is 0 Å². The van der Waals surface area contributed by atoms with Gasteiger partial charge in [0.2, 0.25) is 5.91 Å². The molecule has 1 heterocycles. The molecular weight excluding hydrogens is 298 g/mol. The van der Waals surface area contributed by atoms with Gasteiger partial charge in [0.15, 0.2) is 6.61 Å². The van der Waals surface area contributed by atoms with Crippen molar-refractivity contribution in [3.8, 4) is 5.75 Å². The zero-order valence-electron chi connectivity index (χ0n) is 12.5. The first-order valence-electron chi connectivity index (χ1n) is 7.40. The summed E-state index contributed by atoms with van der Waals surface area (Å²) in [6.07, 6.45) is 0.726. The minimum absolute atomic E-state index is 0.0631. The van der Waals surface area contributed by atoms with E-state index in [1.165, 1.54) is 0 Å². The highest BCUT2D eigenvalue weighted by molar-refractivity contribution is 6.04. The Morgan fingerprint density at radius 1 is 1.22 bits per heavy atom. The summed E-state index contributed by atoms with van der Waals surface area (Å²) in [5.41, 5.74) is 0.681. The molecule has 1 atom stereocenters. The highest BCUT2D eigenvalue weighted by atomic mass is 16.5. The molecule has 2 N–H and O–H groups in total. The number of carbonyl (C=O) groups is 2. The van der Waals surface area contributed by atoms with Crippen molar-refractivity contribution < 1.29 is 24.2 Å². The van der Waals surface area contributed by atoms with Crippen LogP contribution in [0.3, 0.4) is 0 Å². The number of nitrogens with one attached hydrogen (secondary N) is 1. The topological polar surface area (TPSA) is 84.9 Å². The monoisotopic (exact) mass is 315 g/mol. The molecule has 0 spiro atoms. The Balaban J connectivity index is 1.88. The van der Waals surface area contributed by atoms with Gasteiger partial charge in [0, 0.05) is 23.1 Å². The maximum Gasteiger partial charge on any atom is 0.341 e. The van der Waals surface area contributed by atoms with Crippen LogP contribution in [0, 0.1) is 5.92 Å². The number of anilines is 1. The second-order valence-electron chi connectivity index (χ2n) is 5.39. The highest BCUT2D eigenvalue weighted by Gasteiger charge is 2.24. The largest absolute Gasteiger partial charge is 0.481 e. The summed E-state index contributed by atoms with van der Waals surface area (Å²) in [7, 11) is 0. The van der Waals surface area contributed by atoms with Crippen LogP contribution in [0.4, 0.5) is 5.69 Å². The zero-order chi connectivity index (χ0) is 16.2. The molecule has 0 saturated carbocycles. The Morgan fingerprint density at radius 2 is 2.00 bits per heavy atom. The number of benzene rings is 2. The molecule has 2 aromatic carbocycles. The van der Waals surface area contributed by atoms with Crippen molar-refractivity contribution >= 4 is 28.3 Å². The van der Waals surface area contributed by atoms with Crippen LogP contribution in [0.15, 0.2) is 36.4 Å². The predicted octanol–water partition coefficient (Wildman–Crippen LogP) is 2.28. The smallest absolute Gasteiger partial charge is 0.341 e. The van der Waals surface area contributed by atoms with Crippen LogP contribution in [-0.2, 0) is 14.3 Å². The molecule has 0 radical (unpaired) electrons. The summed E-state index contributed by atoms with van der Waals surface area (Å²) in [5, 5.41) is 13.2. The lowest BCUT2D eigenvalue weighted by atomic mass is 10.1. The number of hydrogen-bond acceptors (Lipinski definition) is 4. The first-order chi connectivity index (χ1) is 11.1. The van der Waals surface area contributed by atoms with E-state index in [4.69, 9.17) is 14.6 Å². The van der Waals surface area contributed by atoms with Gasteiger partial charge in [-0.1, -0.05) is 24.3 Å². The molecule has 120 valence electrons. The van der Waals surface area contributed by atoms with Crippen LogP contribution in [0.25, 0.3) is 10.8 Å². The number of rotatable bonds is 5. The van der Waals surface area contributed by atoms with Crippen LogP contribution >= 0.6 is 0 Å². The lowest BCUT2D eigenvalue weighted by Crippen LogP contribution is -2.22. The fourth-order valence-corrected chi connectivity index (χ4v) is 2.62. The van der Waals surface area contributed by atoms with Crippen molar-refractivity contribution in [3.63, 3.8) is 0 Å². The number of carboxylic acid groups (broad SMARTS) is 1. The molecule has 1 aliphatic rings. The number of carboxylic acids is 1. The van der Waals surface area contributed by atoms with E-state index < -0.39 is 12.6 Å². The Morgan fingerprint density at radius 3 is 2.70 bits per heavy atom. The molecule has 1 unspecified atom stereocenters. The maximum atomic E-state index is 12.3. The molecule has 6 nitrogen and oxygen atoms in total. The van der Waals surface area contributed by atoms with Gasteiger partial charge in [0.1, 0.15) is 5.75 Å². The molecule has 0 aliphatic carbocycles. The minimum Gasteiger partial charge on any atom is -0.481 e. The quantitative estimate of drug-likeness (QED) is 0.884. The minimum atomic E-state index is -1.03. The van der Waals surface area contributed by atoms with E-state index in [2.05, 4.69) is 5.32 Å². The van der Waals surface area contributed by atoms with Crippen molar-refractivity contribution in [2.45, 2.75) is 6.42 Å². The average molecular weight is 315 g/mol. The Labute approximate surface area is 133 Å². The zero-order valence-corrected chi connectivity index (χ0v) is 12.5. The number of aliphatic carboxylic acids is 1. The summed E-state index contributed by atoms with van der Waals surface area (Å²) >= 11 is 0. The standard InChI is InChI=1S/C17H17NO5/c19-16(20)10-23-15-6-5-14(12-3-1-2-4-13(12)15)18-17(21)11-7-8-22-9-11/h1-6,11H,7-10H2,(H,18,21)(H,19,20). The first-order valence-corrected chi connectivity index (χ1v) is 7.40. The van der Waals surface area contributed by atoms with Crippen LogP contribution in [0.1, 0.15) is 6.42 Å². The number of hydrogen-bond donors (Lipinski definition) is 2. The summed E-state index contributed by atoms with van der Waals surface area (Å²) in [6, 6.07) is 10.8. The molecule has 3 rings (SSSR count). The van der Waals surface area contributed by atoms with Gasteiger partial charge in [0.05, 0.1) is 12.5 Å². The van der Waals surface area contributed by atoms with Crippen LogP contribution in [-0.4, -0.2) is 36.8 Å². The highest BCUT2D eigenvalue weighted by Crippen LogP contribution is 2.32. The van der Waals surface area contributed by atoms with Gasteiger partial charge < -0.3 is 19.9 Å². The van der Waals surface area contributed by atoms with Crippen molar-refractivity contribution in [3.05, 3.63) is 36.4 Å². The van der Waals surface area contributed by atoms with Gasteiger partial charge in [0.25, 0.3) is 0 Å². The molecular formula is C17H17NO5. The summed E-state index contributed by atoms with van der Waals surface area (Å²) in [5.74, 6) is -0.749.